The minimum atomic E-state index is -0.640. The maximum atomic E-state index is 5.90. The highest BCUT2D eigenvalue weighted by atomic mass is 79.9. The highest BCUT2D eigenvalue weighted by Gasteiger charge is 2.18. The van der Waals surface area contributed by atoms with Crippen molar-refractivity contribution in [2.45, 2.75) is 19.1 Å². The number of benzene rings is 1. The molecular weight excluding hydrogens is 338 g/mol. The second kappa shape index (κ2) is 6.59. The molecule has 0 spiro atoms. The lowest BCUT2D eigenvalue weighted by molar-refractivity contribution is 0.0121. The summed E-state index contributed by atoms with van der Waals surface area (Å²) in [6.45, 7) is 1.85. The molecule has 3 nitrogen and oxygen atoms in total. The Hall–Kier alpha value is -0.100. The van der Waals surface area contributed by atoms with Crippen LogP contribution in [0.5, 0.6) is 5.75 Å². The van der Waals surface area contributed by atoms with E-state index in [0.29, 0.717) is 6.42 Å². The number of halogens is 2. The van der Waals surface area contributed by atoms with E-state index < -0.39 is 5.72 Å². The molecule has 1 atom stereocenters. The number of nitrogens with two attached hydrogens (primary N) is 1. The summed E-state index contributed by atoms with van der Waals surface area (Å²) in [6, 6.07) is 5.89. The topological polar surface area (TPSA) is 44.5 Å². The fraction of sp³-hybridized carbons (Fsp3) is 0.455. The van der Waals surface area contributed by atoms with Crippen LogP contribution in [0.3, 0.4) is 0 Å². The molecule has 0 saturated heterocycles. The molecule has 2 N–H and O–H groups in total. The van der Waals surface area contributed by atoms with E-state index in [2.05, 4.69) is 15.9 Å². The van der Waals surface area contributed by atoms with Crippen molar-refractivity contribution in [3.05, 3.63) is 28.2 Å². The minimum absolute atomic E-state index is 0. The highest BCUT2D eigenvalue weighted by molar-refractivity contribution is 9.10. The molecule has 0 amide bonds. The zero-order valence-corrected chi connectivity index (χ0v) is 12.9. The lowest BCUT2D eigenvalue weighted by atomic mass is 10.0. The second-order valence-electron chi connectivity index (χ2n) is 3.66. The summed E-state index contributed by atoms with van der Waals surface area (Å²) in [5.74, 6) is 0.805. The van der Waals surface area contributed by atoms with Crippen molar-refractivity contribution in [1.29, 1.82) is 0 Å². The van der Waals surface area contributed by atoms with Crippen molar-refractivity contribution in [2.24, 2.45) is 5.73 Å². The maximum absolute atomic E-state index is 5.90. The number of rotatable bonds is 4. The number of ether oxygens (including phenoxy) is 2. The van der Waals surface area contributed by atoms with Gasteiger partial charge >= 0.3 is 0 Å². The van der Waals surface area contributed by atoms with Gasteiger partial charge in [-0.1, -0.05) is 6.07 Å². The highest BCUT2D eigenvalue weighted by Crippen LogP contribution is 2.26. The lowest BCUT2D eigenvalue weighted by Crippen LogP contribution is -2.40. The fourth-order valence-electron chi connectivity index (χ4n) is 1.29. The molecule has 0 radical (unpaired) electrons. The van der Waals surface area contributed by atoms with Crippen LogP contribution in [0.15, 0.2) is 22.7 Å². The Morgan fingerprint density at radius 3 is 2.50 bits per heavy atom. The van der Waals surface area contributed by atoms with Crippen molar-refractivity contribution in [3.63, 3.8) is 0 Å². The van der Waals surface area contributed by atoms with E-state index in [4.69, 9.17) is 15.2 Å². The van der Waals surface area contributed by atoms with Crippen LogP contribution in [0.25, 0.3) is 0 Å². The van der Waals surface area contributed by atoms with Gasteiger partial charge in [0.1, 0.15) is 11.5 Å². The Morgan fingerprint density at radius 1 is 1.38 bits per heavy atom. The van der Waals surface area contributed by atoms with E-state index in [1.54, 1.807) is 14.2 Å². The molecule has 1 aromatic rings. The Balaban J connectivity index is 0.00000225. The third-order valence-electron chi connectivity index (χ3n) is 2.24. The van der Waals surface area contributed by atoms with Gasteiger partial charge in [-0.15, -0.1) is 17.0 Å². The molecule has 0 bridgehead atoms. The summed E-state index contributed by atoms with van der Waals surface area (Å²) in [4.78, 5) is 0. The normalized spacial score (nSPS) is 13.8. The van der Waals surface area contributed by atoms with Crippen LogP contribution in [0.1, 0.15) is 12.5 Å². The third-order valence-corrected chi connectivity index (χ3v) is 2.89. The van der Waals surface area contributed by atoms with Crippen molar-refractivity contribution >= 4 is 32.9 Å². The average Bonchev–Trinajstić information content (AvgIpc) is 2.20. The molecule has 1 unspecified atom stereocenters. The van der Waals surface area contributed by atoms with Crippen molar-refractivity contribution < 1.29 is 9.47 Å². The van der Waals surface area contributed by atoms with Gasteiger partial charge in [0.15, 0.2) is 0 Å². The predicted octanol–water partition coefficient (Wildman–Crippen LogP) is 2.90. The molecule has 0 aliphatic heterocycles. The van der Waals surface area contributed by atoms with Crippen LogP contribution in [0.2, 0.25) is 0 Å². The van der Waals surface area contributed by atoms with E-state index in [0.717, 1.165) is 15.8 Å². The molecular formula is C11H17Br2NO2. The summed E-state index contributed by atoms with van der Waals surface area (Å²) >= 11 is 3.40. The quantitative estimate of drug-likeness (QED) is 0.845. The van der Waals surface area contributed by atoms with Gasteiger partial charge in [-0.05, 0) is 40.5 Å². The molecule has 0 saturated carbocycles. The van der Waals surface area contributed by atoms with Gasteiger partial charge in [-0.3, -0.25) is 0 Å². The van der Waals surface area contributed by atoms with Gasteiger partial charge in [0.2, 0.25) is 0 Å². The van der Waals surface area contributed by atoms with Crippen molar-refractivity contribution in [3.8, 4) is 5.75 Å². The summed E-state index contributed by atoms with van der Waals surface area (Å²) in [6.07, 6.45) is 0.646. The molecule has 0 aliphatic rings. The van der Waals surface area contributed by atoms with Crippen LogP contribution in [-0.4, -0.2) is 19.9 Å². The molecule has 16 heavy (non-hydrogen) atoms. The monoisotopic (exact) mass is 353 g/mol. The zero-order valence-electron chi connectivity index (χ0n) is 9.62. The first-order valence-corrected chi connectivity index (χ1v) is 5.44. The van der Waals surface area contributed by atoms with E-state index in [1.807, 2.05) is 25.1 Å². The third kappa shape index (κ3) is 4.41. The summed E-state index contributed by atoms with van der Waals surface area (Å²) in [7, 11) is 3.25. The van der Waals surface area contributed by atoms with E-state index in [9.17, 15) is 0 Å². The van der Waals surface area contributed by atoms with Gasteiger partial charge in [0.25, 0.3) is 0 Å². The SMILES string of the molecule is Br.COc1cc(CC(C)(N)OC)ccc1Br. The second-order valence-corrected chi connectivity index (χ2v) is 4.52. The molecule has 0 heterocycles. The Morgan fingerprint density at radius 2 is 2.00 bits per heavy atom. The zero-order chi connectivity index (χ0) is 11.5. The van der Waals surface area contributed by atoms with E-state index >= 15 is 0 Å². The van der Waals surface area contributed by atoms with Gasteiger partial charge in [0.05, 0.1) is 11.6 Å². The van der Waals surface area contributed by atoms with Crippen LogP contribution in [0.4, 0.5) is 0 Å². The van der Waals surface area contributed by atoms with Crippen molar-refractivity contribution in [2.75, 3.05) is 14.2 Å². The van der Waals surface area contributed by atoms with E-state index in [1.165, 1.54) is 0 Å². The van der Waals surface area contributed by atoms with Crippen LogP contribution < -0.4 is 10.5 Å². The molecule has 5 heteroatoms. The van der Waals surface area contributed by atoms with Gasteiger partial charge in [0, 0.05) is 13.5 Å². The predicted molar refractivity (Wildman–Crippen MR) is 74.3 cm³/mol. The van der Waals surface area contributed by atoms with Crippen molar-refractivity contribution in [1.82, 2.24) is 0 Å². The summed E-state index contributed by atoms with van der Waals surface area (Å²) in [5, 5.41) is 0. The Bertz CT molecular complexity index is 343. The smallest absolute Gasteiger partial charge is 0.133 e. The molecule has 1 rings (SSSR count). The number of hydrogen-bond donors (Lipinski definition) is 1. The summed E-state index contributed by atoms with van der Waals surface area (Å²) in [5.41, 5.74) is 6.35. The van der Waals surface area contributed by atoms with E-state index in [-0.39, 0.29) is 17.0 Å². The van der Waals surface area contributed by atoms with Crippen LogP contribution in [0, 0.1) is 0 Å². The van der Waals surface area contributed by atoms with Gasteiger partial charge < -0.3 is 15.2 Å². The van der Waals surface area contributed by atoms with Crippen LogP contribution in [-0.2, 0) is 11.2 Å². The van der Waals surface area contributed by atoms with Gasteiger partial charge in [-0.25, -0.2) is 0 Å². The Kier molecular flexibility index (Phi) is 6.55. The molecule has 0 aromatic heterocycles. The first kappa shape index (κ1) is 15.9. The standard InChI is InChI=1S/C11H16BrNO2.BrH/c1-11(13,15-3)7-8-4-5-9(12)10(6-8)14-2;/h4-6H,7,13H2,1-3H3;1H. The lowest BCUT2D eigenvalue weighted by Gasteiger charge is -2.23. The molecule has 1 aromatic carbocycles. The molecule has 0 aliphatic carbocycles. The molecule has 0 fully saturated rings. The van der Waals surface area contributed by atoms with Crippen LogP contribution >= 0.6 is 32.9 Å². The first-order valence-electron chi connectivity index (χ1n) is 4.65. The molecule has 92 valence electrons. The fourth-order valence-corrected chi connectivity index (χ4v) is 1.70. The van der Waals surface area contributed by atoms with Gasteiger partial charge in [-0.2, -0.15) is 0 Å². The average molecular weight is 355 g/mol. The Labute approximate surface area is 115 Å². The maximum Gasteiger partial charge on any atom is 0.133 e. The largest absolute Gasteiger partial charge is 0.496 e. The summed E-state index contributed by atoms with van der Waals surface area (Å²) < 4.78 is 11.3. The number of hydrogen-bond acceptors (Lipinski definition) is 3. The minimum Gasteiger partial charge on any atom is -0.496 e. The first-order chi connectivity index (χ1) is 6.98. The number of methoxy groups -OCH3 is 2.